The lowest BCUT2D eigenvalue weighted by Gasteiger charge is -2.12. The lowest BCUT2D eigenvalue weighted by molar-refractivity contribution is -0.141. The molecule has 1 aliphatic rings. The van der Waals surface area contributed by atoms with Gasteiger partial charge in [0.1, 0.15) is 5.82 Å². The van der Waals surface area contributed by atoms with Gasteiger partial charge in [-0.05, 0) is 37.5 Å². The van der Waals surface area contributed by atoms with Crippen molar-refractivity contribution in [3.8, 4) is 0 Å². The van der Waals surface area contributed by atoms with Gasteiger partial charge in [0.2, 0.25) is 5.91 Å². The predicted molar refractivity (Wildman–Crippen MR) is 70.5 cm³/mol. The molecule has 0 aromatic heterocycles. The normalized spacial score (nSPS) is 21.0. The van der Waals surface area contributed by atoms with E-state index < -0.39 is 35.5 Å². The number of hydrogen-bond acceptors (Lipinski definition) is 3. The van der Waals surface area contributed by atoms with Crippen molar-refractivity contribution in [2.24, 2.45) is 11.8 Å². The second-order valence-corrected chi connectivity index (χ2v) is 5.03. The first-order chi connectivity index (χ1) is 9.88. The van der Waals surface area contributed by atoms with E-state index in [2.05, 4.69) is 5.32 Å². The SMILES string of the molecule is O=C(O)c1ccc(F)c(NC(=O)C2CCC(C(=O)O)C2)c1. The zero-order chi connectivity index (χ0) is 15.6. The number of aliphatic carboxylic acids is 1. The molecule has 21 heavy (non-hydrogen) atoms. The second-order valence-electron chi connectivity index (χ2n) is 5.03. The van der Waals surface area contributed by atoms with Gasteiger partial charge in [0, 0.05) is 5.92 Å². The number of hydrogen-bond donors (Lipinski definition) is 3. The fourth-order valence-corrected chi connectivity index (χ4v) is 2.43. The van der Waals surface area contributed by atoms with Crippen molar-refractivity contribution < 1.29 is 29.0 Å². The van der Waals surface area contributed by atoms with Crippen LogP contribution in [0, 0.1) is 17.7 Å². The topological polar surface area (TPSA) is 104 Å². The number of rotatable bonds is 4. The van der Waals surface area contributed by atoms with E-state index in [1.54, 1.807) is 0 Å². The van der Waals surface area contributed by atoms with Crippen LogP contribution in [0.25, 0.3) is 0 Å². The lowest BCUT2D eigenvalue weighted by atomic mass is 10.0. The van der Waals surface area contributed by atoms with E-state index in [9.17, 15) is 18.8 Å². The molecule has 0 aliphatic heterocycles. The molecule has 2 unspecified atom stereocenters. The van der Waals surface area contributed by atoms with Crippen LogP contribution >= 0.6 is 0 Å². The van der Waals surface area contributed by atoms with Gasteiger partial charge in [0.25, 0.3) is 0 Å². The van der Waals surface area contributed by atoms with Crippen molar-refractivity contribution in [1.29, 1.82) is 0 Å². The zero-order valence-corrected chi connectivity index (χ0v) is 11.0. The molecule has 1 fully saturated rings. The van der Waals surface area contributed by atoms with Crippen LogP contribution in [-0.4, -0.2) is 28.1 Å². The molecule has 6 nitrogen and oxygen atoms in total. The Balaban J connectivity index is 2.08. The highest BCUT2D eigenvalue weighted by atomic mass is 19.1. The Morgan fingerprint density at radius 3 is 2.38 bits per heavy atom. The smallest absolute Gasteiger partial charge is 0.335 e. The van der Waals surface area contributed by atoms with Crippen molar-refractivity contribution >= 4 is 23.5 Å². The molecule has 0 saturated heterocycles. The summed E-state index contributed by atoms with van der Waals surface area (Å²) < 4.78 is 13.6. The number of carbonyl (C=O) groups is 3. The quantitative estimate of drug-likeness (QED) is 0.787. The summed E-state index contributed by atoms with van der Waals surface area (Å²) in [6.07, 6.45) is 1.04. The Kier molecular flexibility index (Phi) is 4.21. The molecule has 1 saturated carbocycles. The van der Waals surface area contributed by atoms with Crippen LogP contribution in [0.15, 0.2) is 18.2 Å². The number of aromatic carboxylic acids is 1. The highest BCUT2D eigenvalue weighted by molar-refractivity contribution is 5.95. The first kappa shape index (κ1) is 15.0. The highest BCUT2D eigenvalue weighted by Crippen LogP contribution is 2.32. The third-order valence-electron chi connectivity index (χ3n) is 3.62. The largest absolute Gasteiger partial charge is 0.481 e. The van der Waals surface area contributed by atoms with E-state index in [-0.39, 0.29) is 17.7 Å². The Morgan fingerprint density at radius 2 is 1.81 bits per heavy atom. The van der Waals surface area contributed by atoms with Crippen LogP contribution in [0.2, 0.25) is 0 Å². The van der Waals surface area contributed by atoms with Crippen molar-refractivity contribution in [3.05, 3.63) is 29.6 Å². The molecule has 1 aliphatic carbocycles. The molecular weight excluding hydrogens is 281 g/mol. The van der Waals surface area contributed by atoms with E-state index in [4.69, 9.17) is 10.2 Å². The molecule has 0 radical (unpaired) electrons. The number of nitrogens with one attached hydrogen (secondary N) is 1. The summed E-state index contributed by atoms with van der Waals surface area (Å²) in [4.78, 5) is 33.7. The number of carboxylic acid groups (broad SMARTS) is 2. The maximum atomic E-state index is 13.6. The molecule has 1 amide bonds. The van der Waals surface area contributed by atoms with Crippen molar-refractivity contribution in [3.63, 3.8) is 0 Å². The fraction of sp³-hybridized carbons (Fsp3) is 0.357. The van der Waals surface area contributed by atoms with Crippen LogP contribution in [0.5, 0.6) is 0 Å². The number of benzene rings is 1. The minimum absolute atomic E-state index is 0.137. The Morgan fingerprint density at radius 1 is 1.14 bits per heavy atom. The summed E-state index contributed by atoms with van der Waals surface area (Å²) in [5.41, 5.74) is -0.347. The van der Waals surface area contributed by atoms with Gasteiger partial charge in [0.05, 0.1) is 17.2 Å². The number of amides is 1. The first-order valence-corrected chi connectivity index (χ1v) is 6.45. The van der Waals surface area contributed by atoms with Crippen molar-refractivity contribution in [2.75, 3.05) is 5.32 Å². The van der Waals surface area contributed by atoms with Gasteiger partial charge in [-0.1, -0.05) is 0 Å². The number of halogens is 1. The molecular formula is C14H14FNO5. The molecule has 0 bridgehead atoms. The second kappa shape index (κ2) is 5.90. The van der Waals surface area contributed by atoms with E-state index in [0.717, 1.165) is 18.2 Å². The maximum Gasteiger partial charge on any atom is 0.335 e. The number of carbonyl (C=O) groups excluding carboxylic acids is 1. The van der Waals surface area contributed by atoms with Crippen LogP contribution in [0.4, 0.5) is 10.1 Å². The summed E-state index contributed by atoms with van der Waals surface area (Å²) in [5.74, 6) is -4.45. The van der Waals surface area contributed by atoms with Gasteiger partial charge >= 0.3 is 11.9 Å². The molecule has 1 aromatic rings. The molecule has 1 aromatic carbocycles. The molecule has 112 valence electrons. The van der Waals surface area contributed by atoms with Crippen LogP contribution in [0.1, 0.15) is 29.6 Å². The van der Waals surface area contributed by atoms with Gasteiger partial charge in [-0.2, -0.15) is 0 Å². The van der Waals surface area contributed by atoms with Gasteiger partial charge in [-0.3, -0.25) is 9.59 Å². The van der Waals surface area contributed by atoms with Crippen molar-refractivity contribution in [1.82, 2.24) is 0 Å². The van der Waals surface area contributed by atoms with Gasteiger partial charge < -0.3 is 15.5 Å². The van der Waals surface area contributed by atoms with Gasteiger partial charge in [-0.25, -0.2) is 9.18 Å². The number of anilines is 1. The Labute approximate surface area is 119 Å². The summed E-state index contributed by atoms with van der Waals surface area (Å²) in [5, 5.41) is 20.1. The van der Waals surface area contributed by atoms with Gasteiger partial charge in [0.15, 0.2) is 0 Å². The Hall–Kier alpha value is -2.44. The lowest BCUT2D eigenvalue weighted by Crippen LogP contribution is -2.22. The van der Waals surface area contributed by atoms with Crippen molar-refractivity contribution in [2.45, 2.75) is 19.3 Å². The average molecular weight is 295 g/mol. The summed E-state index contributed by atoms with van der Waals surface area (Å²) >= 11 is 0. The standard InChI is InChI=1S/C14H14FNO5/c15-10-4-3-9(14(20)21)6-11(10)16-12(17)7-1-2-8(5-7)13(18)19/h3-4,6-8H,1-2,5H2,(H,16,17)(H,18,19)(H,20,21). The third kappa shape index (κ3) is 3.36. The monoisotopic (exact) mass is 295 g/mol. The van der Waals surface area contributed by atoms with Crippen LogP contribution < -0.4 is 5.32 Å². The van der Waals surface area contributed by atoms with Gasteiger partial charge in [-0.15, -0.1) is 0 Å². The van der Waals surface area contributed by atoms with E-state index in [0.29, 0.717) is 12.8 Å². The minimum Gasteiger partial charge on any atom is -0.481 e. The zero-order valence-electron chi connectivity index (χ0n) is 11.0. The number of carboxylic acids is 2. The predicted octanol–water partition coefficient (Wildman–Crippen LogP) is 1.96. The molecule has 7 heteroatoms. The molecule has 3 N–H and O–H groups in total. The van der Waals surface area contributed by atoms with E-state index in [1.807, 2.05) is 0 Å². The first-order valence-electron chi connectivity index (χ1n) is 6.45. The molecule has 2 atom stereocenters. The van der Waals surface area contributed by atoms with Crippen LogP contribution in [-0.2, 0) is 9.59 Å². The fourth-order valence-electron chi connectivity index (χ4n) is 2.43. The average Bonchev–Trinajstić information content (AvgIpc) is 2.90. The summed E-state index contributed by atoms with van der Waals surface area (Å²) in [7, 11) is 0. The minimum atomic E-state index is -1.22. The highest BCUT2D eigenvalue weighted by Gasteiger charge is 2.34. The Bertz CT molecular complexity index is 601. The summed E-state index contributed by atoms with van der Waals surface area (Å²) in [6, 6.07) is 3.11. The van der Waals surface area contributed by atoms with Crippen LogP contribution in [0.3, 0.4) is 0 Å². The molecule has 2 rings (SSSR count). The summed E-state index contributed by atoms with van der Waals surface area (Å²) in [6.45, 7) is 0. The third-order valence-corrected chi connectivity index (χ3v) is 3.62. The maximum absolute atomic E-state index is 13.6. The van der Waals surface area contributed by atoms with E-state index in [1.165, 1.54) is 0 Å². The van der Waals surface area contributed by atoms with E-state index >= 15 is 0 Å². The molecule has 0 heterocycles. The molecule has 0 spiro atoms.